The van der Waals surface area contributed by atoms with Crippen LogP contribution in [-0.4, -0.2) is 198 Å². The highest BCUT2D eigenvalue weighted by molar-refractivity contribution is 5.90. The molecule has 3 heterocycles. The van der Waals surface area contributed by atoms with Crippen molar-refractivity contribution in [3.63, 3.8) is 0 Å². The second kappa shape index (κ2) is 20.8. The van der Waals surface area contributed by atoms with Crippen LogP contribution in [0, 0.1) is 17.8 Å². The van der Waals surface area contributed by atoms with Gasteiger partial charge in [0.2, 0.25) is 0 Å². The zero-order chi connectivity index (χ0) is 43.4. The lowest BCUT2D eigenvalue weighted by Crippen LogP contribution is -2.63. The van der Waals surface area contributed by atoms with E-state index < -0.39 is 154 Å². The number of carbonyl (C=O) groups excluding carboxylic acids is 2. The van der Waals surface area contributed by atoms with Crippen LogP contribution in [-0.2, 0) is 47.5 Å². The van der Waals surface area contributed by atoms with Gasteiger partial charge in [0, 0.05) is 18.4 Å². The normalized spacial score (nSPS) is 46.3. The molecule has 60 heavy (non-hydrogen) atoms. The maximum atomic E-state index is 12.6. The summed E-state index contributed by atoms with van der Waals surface area (Å²) in [5.41, 5.74) is 0. The summed E-state index contributed by atoms with van der Waals surface area (Å²) in [5, 5.41) is 115. The van der Waals surface area contributed by atoms with E-state index in [-0.39, 0.29) is 44.1 Å². The Morgan fingerprint density at radius 1 is 0.583 bits per heavy atom. The van der Waals surface area contributed by atoms with Crippen LogP contribution in [0.1, 0.15) is 70.6 Å². The lowest BCUT2D eigenvalue weighted by atomic mass is 9.72. The zero-order valence-corrected chi connectivity index (χ0v) is 33.0. The molecule has 21 nitrogen and oxygen atoms in total. The summed E-state index contributed by atoms with van der Waals surface area (Å²) < 4.78 is 41.0. The number of carboxylic acid groups (broad SMARTS) is 1. The number of carboxylic acids is 1. The molecule has 6 rings (SSSR count). The fourth-order valence-corrected chi connectivity index (χ4v) is 9.29. The average Bonchev–Trinajstić information content (AvgIpc) is 3.20. The predicted molar refractivity (Wildman–Crippen MR) is 196 cm³/mol. The van der Waals surface area contributed by atoms with Crippen LogP contribution >= 0.6 is 0 Å². The van der Waals surface area contributed by atoms with Crippen molar-refractivity contribution in [2.45, 2.75) is 181 Å². The number of carbonyl (C=O) groups is 3. The number of aliphatic carboxylic acids is 1. The summed E-state index contributed by atoms with van der Waals surface area (Å²) >= 11 is 0. The Kier molecular flexibility index (Phi) is 16.3. The highest BCUT2D eigenvalue weighted by atomic mass is 16.7. The molecular formula is C39H60O21. The summed E-state index contributed by atoms with van der Waals surface area (Å²) in [6.07, 6.45) is -18.2. The molecule has 3 aliphatic carbocycles. The number of allylic oxidation sites excluding steroid dienone is 1. The van der Waals surface area contributed by atoms with E-state index >= 15 is 0 Å². The van der Waals surface area contributed by atoms with Gasteiger partial charge in [-0.2, -0.15) is 0 Å². The first kappa shape index (κ1) is 47.0. The van der Waals surface area contributed by atoms with Gasteiger partial charge in [0.05, 0.1) is 48.8 Å². The van der Waals surface area contributed by atoms with E-state index in [1.807, 2.05) is 0 Å². The molecule has 0 spiro atoms. The van der Waals surface area contributed by atoms with Gasteiger partial charge < -0.3 is 89.3 Å². The van der Waals surface area contributed by atoms with Crippen LogP contribution in [0.4, 0.5) is 0 Å². The fourth-order valence-electron chi connectivity index (χ4n) is 9.29. The molecule has 3 saturated heterocycles. The number of aliphatic hydroxyl groups is 10. The molecule has 0 aromatic rings. The number of ether oxygens (including phenoxy) is 7. The molecule has 0 aromatic heterocycles. The van der Waals surface area contributed by atoms with Gasteiger partial charge in [-0.25, -0.2) is 4.79 Å². The topological polar surface area (TPSA) is 338 Å². The smallest absolute Gasteiger partial charge is 0.330 e. The third-order valence-electron chi connectivity index (χ3n) is 12.7. The first-order valence-corrected chi connectivity index (χ1v) is 20.8. The standard InChI is InChI=1S/C39H60O21/c40-18-5-1-16(2-6-18)3-8-29(46)54-14-26-31(48)34(51)36(53)39(60-26)58-25-12-20-23(56-37(25)17-4-7-21(42)22(43)9-17)10-19(41)11-24(20)57-38-35(52)33(50)32(49)27(59-38)15-55-30(47)13-28(44)45/h3,8,16-27,31-43,48-53H,1-2,4-7,9-15H2,(H,44,45)/t16?,17?,18?,19?,20?,21?,22?,23?,24?,25?,26-,27-,31-,32-,33+,34+,35-,36-,37?,38-,39-/m1/s1. The Hall–Kier alpha value is -2.45. The van der Waals surface area contributed by atoms with Gasteiger partial charge in [0.15, 0.2) is 12.6 Å². The van der Waals surface area contributed by atoms with Crippen LogP contribution < -0.4 is 0 Å². The maximum absolute atomic E-state index is 12.6. The minimum absolute atomic E-state index is 0.0300. The first-order chi connectivity index (χ1) is 28.5. The van der Waals surface area contributed by atoms with E-state index in [2.05, 4.69) is 0 Å². The van der Waals surface area contributed by atoms with Crippen molar-refractivity contribution in [1.29, 1.82) is 0 Å². The number of rotatable bonds is 13. The van der Waals surface area contributed by atoms with Crippen molar-refractivity contribution < 1.29 is 104 Å². The highest BCUT2D eigenvalue weighted by Gasteiger charge is 2.54. The average molecular weight is 865 g/mol. The van der Waals surface area contributed by atoms with Gasteiger partial charge in [-0.05, 0) is 69.6 Å². The minimum Gasteiger partial charge on any atom is -0.481 e. The largest absolute Gasteiger partial charge is 0.481 e. The summed E-state index contributed by atoms with van der Waals surface area (Å²) in [7, 11) is 0. The van der Waals surface area contributed by atoms with Crippen LogP contribution in [0.5, 0.6) is 0 Å². The van der Waals surface area contributed by atoms with Crippen LogP contribution in [0.15, 0.2) is 12.2 Å². The van der Waals surface area contributed by atoms with E-state index in [1.165, 1.54) is 6.08 Å². The Morgan fingerprint density at radius 3 is 1.78 bits per heavy atom. The fraction of sp³-hybridized carbons (Fsp3) is 0.872. The van der Waals surface area contributed by atoms with Crippen LogP contribution in [0.2, 0.25) is 0 Å². The zero-order valence-electron chi connectivity index (χ0n) is 33.0. The minimum atomic E-state index is -1.85. The van der Waals surface area contributed by atoms with Gasteiger partial charge in [0.25, 0.3) is 0 Å². The van der Waals surface area contributed by atoms with E-state index in [0.29, 0.717) is 32.1 Å². The second-order valence-corrected chi connectivity index (χ2v) is 17.1. The van der Waals surface area contributed by atoms with Crippen molar-refractivity contribution in [3.8, 4) is 0 Å². The number of hydrogen-bond acceptors (Lipinski definition) is 20. The molecule has 21 heteroatoms. The summed E-state index contributed by atoms with van der Waals surface area (Å²) in [4.78, 5) is 35.3. The summed E-state index contributed by atoms with van der Waals surface area (Å²) in [6, 6.07) is 0. The first-order valence-electron chi connectivity index (χ1n) is 20.8. The molecule has 3 aliphatic heterocycles. The van der Waals surface area contributed by atoms with E-state index in [0.717, 1.165) is 0 Å². The quantitative estimate of drug-likeness (QED) is 0.0486. The number of esters is 2. The molecular weight excluding hydrogens is 804 g/mol. The van der Waals surface area contributed by atoms with Crippen molar-refractivity contribution in [3.05, 3.63) is 12.2 Å². The molecule has 0 radical (unpaired) electrons. The molecule has 6 aliphatic rings. The van der Waals surface area contributed by atoms with E-state index in [4.69, 9.17) is 38.3 Å². The number of fused-ring (bicyclic) bond motifs is 1. The van der Waals surface area contributed by atoms with Crippen molar-refractivity contribution in [2.24, 2.45) is 17.8 Å². The van der Waals surface area contributed by atoms with Crippen LogP contribution in [0.25, 0.3) is 0 Å². The molecule has 19 atom stereocenters. The number of hydrogen-bond donors (Lipinski definition) is 11. The van der Waals surface area contributed by atoms with Gasteiger partial charge in [-0.1, -0.05) is 6.08 Å². The molecule has 0 aromatic carbocycles. The van der Waals surface area contributed by atoms with E-state index in [9.17, 15) is 65.4 Å². The van der Waals surface area contributed by atoms with Gasteiger partial charge in [-0.3, -0.25) is 9.59 Å². The van der Waals surface area contributed by atoms with Crippen molar-refractivity contribution >= 4 is 17.9 Å². The lowest BCUT2D eigenvalue weighted by molar-refractivity contribution is -0.344. The Morgan fingerprint density at radius 2 is 1.18 bits per heavy atom. The monoisotopic (exact) mass is 864 g/mol. The molecule has 11 N–H and O–H groups in total. The summed E-state index contributed by atoms with van der Waals surface area (Å²) in [5.74, 6) is -4.30. The Labute approximate surface area is 345 Å². The second-order valence-electron chi connectivity index (χ2n) is 17.1. The molecule has 342 valence electrons. The molecule has 3 saturated carbocycles. The van der Waals surface area contributed by atoms with Gasteiger partial charge in [0.1, 0.15) is 68.5 Å². The SMILES string of the molecule is O=C(O)CC(=O)OC[C@H]1O[C@@H](OC2CC(O)CC3OC(C4CCC(O)C(O)C4)C(O[C@@H]4O[C@H](COC(=O)C=CC5CCC(O)CC5)[C@@H](O)[C@H](O)[C@H]4O)CC32)[C@H](O)[C@@H](O)[C@@H]1O. The van der Waals surface area contributed by atoms with Gasteiger partial charge >= 0.3 is 17.9 Å². The number of aliphatic hydroxyl groups excluding tert-OH is 10. The Balaban J connectivity index is 1.16. The van der Waals surface area contributed by atoms with Gasteiger partial charge in [-0.15, -0.1) is 0 Å². The predicted octanol–water partition coefficient (Wildman–Crippen LogP) is -3.51. The van der Waals surface area contributed by atoms with Crippen molar-refractivity contribution in [2.75, 3.05) is 13.2 Å². The molecule has 9 unspecified atom stereocenters. The highest BCUT2D eigenvalue weighted by Crippen LogP contribution is 2.45. The molecule has 0 amide bonds. The summed E-state index contributed by atoms with van der Waals surface area (Å²) in [6.45, 7) is -1.20. The maximum Gasteiger partial charge on any atom is 0.330 e. The van der Waals surface area contributed by atoms with Crippen LogP contribution in [0.3, 0.4) is 0 Å². The van der Waals surface area contributed by atoms with E-state index in [1.54, 1.807) is 6.08 Å². The van der Waals surface area contributed by atoms with Crippen molar-refractivity contribution in [1.82, 2.24) is 0 Å². The molecule has 0 bridgehead atoms. The Bertz CT molecular complexity index is 1460. The third kappa shape index (κ3) is 11.6. The third-order valence-corrected chi connectivity index (χ3v) is 12.7. The lowest BCUT2D eigenvalue weighted by Gasteiger charge is -2.52. The molecule has 6 fully saturated rings.